The molecule has 3 nitrogen and oxygen atoms in total. The Morgan fingerprint density at radius 1 is 1.42 bits per heavy atom. The molecule has 2 aliphatic rings. The van der Waals surface area contributed by atoms with Crippen molar-refractivity contribution in [2.75, 3.05) is 12.9 Å². The number of hydrogen-bond acceptors (Lipinski definition) is 4. The van der Waals surface area contributed by atoms with Crippen LogP contribution in [0.25, 0.3) is 0 Å². The Balaban J connectivity index is 1.86. The van der Waals surface area contributed by atoms with Gasteiger partial charge in [0, 0.05) is 21.9 Å². The maximum absolute atomic E-state index is 11.6. The van der Waals surface area contributed by atoms with Crippen molar-refractivity contribution in [2.45, 2.75) is 42.4 Å². The van der Waals surface area contributed by atoms with Crippen LogP contribution in [0.5, 0.6) is 0 Å². The smallest absolute Gasteiger partial charge is 0.176 e. The zero-order valence-electron chi connectivity index (χ0n) is 11.1. The van der Waals surface area contributed by atoms with Crippen LogP contribution >= 0.6 is 11.3 Å². The van der Waals surface area contributed by atoms with Crippen LogP contribution in [0.15, 0.2) is 16.3 Å². The van der Waals surface area contributed by atoms with Crippen LogP contribution in [-0.2, 0) is 15.3 Å². The first kappa shape index (κ1) is 13.6. The molecule has 1 heterocycles. The quantitative estimate of drug-likeness (QED) is 0.930. The van der Waals surface area contributed by atoms with Gasteiger partial charge in [-0.15, -0.1) is 11.3 Å². The number of sulfone groups is 1. The van der Waals surface area contributed by atoms with Gasteiger partial charge in [0.05, 0.1) is 11.5 Å². The molecule has 1 N–H and O–H groups in total. The first-order valence-electron chi connectivity index (χ1n) is 6.87. The fourth-order valence-electron chi connectivity index (χ4n) is 3.63. The molecule has 0 bridgehead atoms. The second kappa shape index (κ2) is 4.57. The maximum atomic E-state index is 11.6. The van der Waals surface area contributed by atoms with Crippen LogP contribution in [-0.4, -0.2) is 26.4 Å². The lowest BCUT2D eigenvalue weighted by Gasteiger charge is -2.16. The molecule has 1 aromatic heterocycles. The summed E-state index contributed by atoms with van der Waals surface area (Å²) in [4.78, 5) is 1.46. The van der Waals surface area contributed by atoms with E-state index in [9.17, 15) is 13.5 Å². The van der Waals surface area contributed by atoms with E-state index >= 15 is 0 Å². The summed E-state index contributed by atoms with van der Waals surface area (Å²) in [6.45, 7) is 0.151. The van der Waals surface area contributed by atoms with E-state index in [2.05, 4.69) is 0 Å². The van der Waals surface area contributed by atoms with Gasteiger partial charge in [0.15, 0.2) is 9.84 Å². The van der Waals surface area contributed by atoms with Crippen LogP contribution in [0, 0.1) is 11.8 Å². The predicted octanol–water partition coefficient (Wildman–Crippen LogP) is 2.59. The van der Waals surface area contributed by atoms with E-state index < -0.39 is 9.84 Å². The Morgan fingerprint density at radius 3 is 2.63 bits per heavy atom. The van der Waals surface area contributed by atoms with E-state index in [4.69, 9.17) is 0 Å². The molecule has 0 amide bonds. The van der Waals surface area contributed by atoms with E-state index in [1.165, 1.54) is 43.3 Å². The third-order valence-corrected chi connectivity index (χ3v) is 7.27. The number of thiophene rings is 1. The molecule has 19 heavy (non-hydrogen) atoms. The van der Waals surface area contributed by atoms with Gasteiger partial charge in [0.25, 0.3) is 0 Å². The Bertz CT molecular complexity index is 569. The van der Waals surface area contributed by atoms with Gasteiger partial charge >= 0.3 is 0 Å². The lowest BCUT2D eigenvalue weighted by atomic mass is 9.93. The molecule has 2 unspecified atom stereocenters. The van der Waals surface area contributed by atoms with Gasteiger partial charge in [-0.2, -0.15) is 0 Å². The molecule has 1 aromatic rings. The van der Waals surface area contributed by atoms with Gasteiger partial charge in [0.2, 0.25) is 0 Å². The fourth-order valence-corrected chi connectivity index (χ4v) is 5.92. The van der Waals surface area contributed by atoms with Crippen molar-refractivity contribution >= 4 is 21.2 Å². The summed E-state index contributed by atoms with van der Waals surface area (Å²) in [6, 6.07) is 1.78. The van der Waals surface area contributed by atoms with Gasteiger partial charge in [-0.3, -0.25) is 0 Å². The maximum Gasteiger partial charge on any atom is 0.176 e. The van der Waals surface area contributed by atoms with Crippen molar-refractivity contribution < 1.29 is 13.5 Å². The van der Waals surface area contributed by atoms with Crippen LogP contribution in [0.4, 0.5) is 0 Å². The van der Waals surface area contributed by atoms with Gasteiger partial charge < -0.3 is 5.11 Å². The molecule has 0 radical (unpaired) electrons. The van der Waals surface area contributed by atoms with Crippen molar-refractivity contribution in [3.8, 4) is 0 Å². The van der Waals surface area contributed by atoms with Crippen LogP contribution in [0.1, 0.15) is 37.0 Å². The molecule has 0 spiro atoms. The van der Waals surface area contributed by atoms with Gasteiger partial charge in [0.1, 0.15) is 0 Å². The normalized spacial score (nSPS) is 31.8. The molecular weight excluding hydrogens is 280 g/mol. The second-order valence-corrected chi connectivity index (χ2v) is 9.02. The van der Waals surface area contributed by atoms with Crippen LogP contribution in [0.2, 0.25) is 0 Å². The summed E-state index contributed by atoms with van der Waals surface area (Å²) >= 11 is 1.49. The first-order chi connectivity index (χ1) is 8.97. The highest BCUT2D eigenvalue weighted by Crippen LogP contribution is 2.61. The summed E-state index contributed by atoms with van der Waals surface area (Å²) in [5.41, 5.74) is -0.136. The molecule has 106 valence electrons. The Kier molecular flexibility index (Phi) is 3.27. The molecule has 3 rings (SSSR count). The molecule has 2 saturated carbocycles. The average molecular weight is 300 g/mol. The highest BCUT2D eigenvalue weighted by molar-refractivity contribution is 7.90. The summed E-state index contributed by atoms with van der Waals surface area (Å²) in [5.74, 6) is 1.29. The SMILES string of the molecule is CS(=O)(=O)c1csc(C2(CO)CC2C2CCCC2)c1. The highest BCUT2D eigenvalue weighted by atomic mass is 32.2. The average Bonchev–Trinajstić information content (AvgIpc) is 2.79. The minimum Gasteiger partial charge on any atom is -0.395 e. The minimum atomic E-state index is -3.13. The molecule has 5 heteroatoms. The highest BCUT2D eigenvalue weighted by Gasteiger charge is 2.58. The van der Waals surface area contributed by atoms with E-state index in [1.807, 2.05) is 0 Å². The molecule has 2 fully saturated rings. The van der Waals surface area contributed by atoms with Crippen molar-refractivity contribution in [1.82, 2.24) is 0 Å². The third-order valence-electron chi connectivity index (χ3n) is 4.88. The Hall–Kier alpha value is -0.390. The zero-order valence-corrected chi connectivity index (χ0v) is 12.8. The van der Waals surface area contributed by atoms with E-state index in [0.29, 0.717) is 10.8 Å². The first-order valence-corrected chi connectivity index (χ1v) is 9.64. The summed E-state index contributed by atoms with van der Waals surface area (Å²) in [6.07, 6.45) is 7.43. The van der Waals surface area contributed by atoms with E-state index in [0.717, 1.165) is 17.2 Å². The molecule has 0 saturated heterocycles. The number of rotatable bonds is 4. The lowest BCUT2D eigenvalue weighted by Crippen LogP contribution is -2.17. The van der Waals surface area contributed by atoms with Crippen molar-refractivity contribution in [3.63, 3.8) is 0 Å². The largest absolute Gasteiger partial charge is 0.395 e. The zero-order chi connectivity index (χ0) is 13.7. The Morgan fingerprint density at radius 2 is 2.11 bits per heavy atom. The summed E-state index contributed by atoms with van der Waals surface area (Å²) in [7, 11) is -3.13. The number of hydrogen-bond donors (Lipinski definition) is 1. The van der Waals surface area contributed by atoms with Crippen LogP contribution in [0.3, 0.4) is 0 Å². The number of aliphatic hydroxyl groups is 1. The molecule has 0 aliphatic heterocycles. The number of aliphatic hydroxyl groups excluding tert-OH is 1. The predicted molar refractivity (Wildman–Crippen MR) is 76.3 cm³/mol. The van der Waals surface area contributed by atoms with Gasteiger partial charge in [-0.05, 0) is 24.3 Å². The van der Waals surface area contributed by atoms with E-state index in [1.54, 1.807) is 11.4 Å². The molecule has 0 aromatic carbocycles. The van der Waals surface area contributed by atoms with E-state index in [-0.39, 0.29) is 12.0 Å². The van der Waals surface area contributed by atoms with Crippen molar-refractivity contribution in [3.05, 3.63) is 16.3 Å². The summed E-state index contributed by atoms with van der Waals surface area (Å²) in [5, 5.41) is 11.5. The molecule has 2 atom stereocenters. The molecule has 2 aliphatic carbocycles. The lowest BCUT2D eigenvalue weighted by molar-refractivity contribution is 0.235. The standard InChI is InChI=1S/C14H20O3S2/c1-19(16,17)11-6-13(18-8-11)14(9-15)7-12(14)10-4-2-3-5-10/h6,8,10,12,15H,2-5,7,9H2,1H3. The summed E-state index contributed by atoms with van der Waals surface area (Å²) < 4.78 is 23.1. The van der Waals surface area contributed by atoms with Crippen molar-refractivity contribution in [2.24, 2.45) is 11.8 Å². The fraction of sp³-hybridized carbons (Fsp3) is 0.714. The Labute approximate surface area is 118 Å². The molecular formula is C14H20O3S2. The van der Waals surface area contributed by atoms with Crippen LogP contribution < -0.4 is 0 Å². The monoisotopic (exact) mass is 300 g/mol. The van der Waals surface area contributed by atoms with Crippen molar-refractivity contribution in [1.29, 1.82) is 0 Å². The minimum absolute atomic E-state index is 0.136. The third kappa shape index (κ3) is 2.26. The second-order valence-electron chi connectivity index (χ2n) is 6.09. The topological polar surface area (TPSA) is 54.4 Å². The van der Waals surface area contributed by atoms with Gasteiger partial charge in [-0.25, -0.2) is 8.42 Å². The van der Waals surface area contributed by atoms with Gasteiger partial charge in [-0.1, -0.05) is 25.7 Å².